The van der Waals surface area contributed by atoms with Crippen LogP contribution in [0.25, 0.3) is 32.7 Å². The maximum Gasteiger partial charge on any atom is 0.407 e. The average Bonchev–Trinajstić information content (AvgIpc) is 2.87. The number of nitrogens with one attached hydrogen (secondary N) is 2. The van der Waals surface area contributed by atoms with Crippen molar-refractivity contribution in [1.29, 1.82) is 5.26 Å². The summed E-state index contributed by atoms with van der Waals surface area (Å²) in [6.45, 7) is 3.40. The molecule has 4 rings (SSSR count). The molecule has 4 aromatic rings. The number of benzene rings is 4. The van der Waals surface area contributed by atoms with Crippen molar-refractivity contribution in [3.05, 3.63) is 84.4 Å². The van der Waals surface area contributed by atoms with Crippen molar-refractivity contribution in [3.8, 4) is 17.2 Å². The van der Waals surface area contributed by atoms with Crippen LogP contribution in [0.2, 0.25) is 0 Å². The summed E-state index contributed by atoms with van der Waals surface area (Å²) in [6.07, 6.45) is -4.43. The van der Waals surface area contributed by atoms with Gasteiger partial charge in [-0.2, -0.15) is 18.4 Å². The maximum atomic E-state index is 14.2. The smallest absolute Gasteiger partial charge is 0.342 e. The van der Waals surface area contributed by atoms with E-state index in [1.165, 1.54) is 12.1 Å². The number of halogens is 3. The molecule has 0 aliphatic rings. The summed E-state index contributed by atoms with van der Waals surface area (Å²) in [5.74, 6) is -0.649. The second-order valence-corrected chi connectivity index (χ2v) is 9.52. The van der Waals surface area contributed by atoms with E-state index in [1.807, 2.05) is 62.4 Å². The van der Waals surface area contributed by atoms with Crippen molar-refractivity contribution in [2.24, 2.45) is 5.92 Å². The van der Waals surface area contributed by atoms with Gasteiger partial charge in [0, 0.05) is 0 Å². The normalized spacial score (nSPS) is 13.4. The fraction of sp³-hybridized carbons (Fsp3) is 0.267. The Labute approximate surface area is 214 Å². The largest absolute Gasteiger partial charge is 0.407 e. The second kappa shape index (κ2) is 11.0. The summed E-state index contributed by atoms with van der Waals surface area (Å²) in [5.41, 5.74) is 1.79. The van der Waals surface area contributed by atoms with E-state index in [4.69, 9.17) is 5.26 Å². The lowest BCUT2D eigenvalue weighted by Crippen LogP contribution is -2.49. The van der Waals surface area contributed by atoms with Gasteiger partial charge in [0.1, 0.15) is 12.6 Å². The number of nitrogens with zero attached hydrogens (tertiary/aromatic N) is 1. The standard InChI is InChI=1S/C30H28F3N3O/c1-19(2)17-26(29(37)35-16-15-34)36-28(30(31,32)33)21-13-11-20(12-14-21)27-24-9-5-3-7-22(24)18-23-8-4-6-10-25(23)27/h3-14,18-19,26,28,36H,16-17H2,1-2H3,(H,35,37)/t26-,28-/m0/s1. The first-order valence-corrected chi connectivity index (χ1v) is 12.2. The summed E-state index contributed by atoms with van der Waals surface area (Å²) >= 11 is 0. The van der Waals surface area contributed by atoms with E-state index in [2.05, 4.69) is 16.7 Å². The molecule has 0 aliphatic carbocycles. The number of rotatable bonds is 8. The Morgan fingerprint density at radius 1 is 0.919 bits per heavy atom. The molecule has 0 saturated carbocycles. The Hall–Kier alpha value is -3.89. The van der Waals surface area contributed by atoms with Crippen molar-refractivity contribution in [1.82, 2.24) is 10.6 Å². The van der Waals surface area contributed by atoms with Gasteiger partial charge in [-0.1, -0.05) is 86.6 Å². The third-order valence-electron chi connectivity index (χ3n) is 6.36. The number of hydrogen-bond donors (Lipinski definition) is 2. The van der Waals surface area contributed by atoms with Gasteiger partial charge in [-0.3, -0.25) is 10.1 Å². The van der Waals surface area contributed by atoms with Gasteiger partial charge in [0.05, 0.1) is 12.1 Å². The number of carbonyl (C=O) groups is 1. The minimum absolute atomic E-state index is 0.0163. The monoisotopic (exact) mass is 503 g/mol. The van der Waals surface area contributed by atoms with E-state index >= 15 is 0 Å². The first-order chi connectivity index (χ1) is 17.7. The zero-order valence-electron chi connectivity index (χ0n) is 20.6. The Balaban J connectivity index is 1.73. The molecule has 0 aliphatic heterocycles. The molecule has 4 nitrogen and oxygen atoms in total. The molecule has 0 saturated heterocycles. The highest BCUT2D eigenvalue weighted by Gasteiger charge is 2.42. The van der Waals surface area contributed by atoms with Gasteiger partial charge in [0.2, 0.25) is 5.91 Å². The number of alkyl halides is 3. The van der Waals surface area contributed by atoms with E-state index in [0.717, 1.165) is 32.7 Å². The molecule has 0 spiro atoms. The fourth-order valence-corrected chi connectivity index (χ4v) is 4.72. The van der Waals surface area contributed by atoms with Crippen LogP contribution in [0.5, 0.6) is 0 Å². The van der Waals surface area contributed by atoms with Crippen LogP contribution in [0.15, 0.2) is 78.9 Å². The molecule has 1 amide bonds. The second-order valence-electron chi connectivity index (χ2n) is 9.52. The molecule has 2 atom stereocenters. The molecule has 2 N–H and O–H groups in total. The first-order valence-electron chi connectivity index (χ1n) is 12.2. The predicted molar refractivity (Wildman–Crippen MR) is 141 cm³/mol. The summed E-state index contributed by atoms with van der Waals surface area (Å²) < 4.78 is 42.6. The van der Waals surface area contributed by atoms with Gasteiger partial charge in [-0.05, 0) is 56.6 Å². The molecule has 4 aromatic carbocycles. The lowest BCUT2D eigenvalue weighted by molar-refractivity contribution is -0.161. The van der Waals surface area contributed by atoms with E-state index in [-0.39, 0.29) is 24.4 Å². The molecule has 0 heterocycles. The number of hydrogen-bond acceptors (Lipinski definition) is 3. The van der Waals surface area contributed by atoms with Crippen LogP contribution in [0.3, 0.4) is 0 Å². The summed E-state index contributed by atoms with van der Waals surface area (Å²) in [6, 6.07) is 23.0. The number of nitriles is 1. The van der Waals surface area contributed by atoms with Gasteiger partial charge in [-0.25, -0.2) is 0 Å². The van der Waals surface area contributed by atoms with Crippen LogP contribution in [-0.4, -0.2) is 24.7 Å². The number of amides is 1. The topological polar surface area (TPSA) is 64.9 Å². The lowest BCUT2D eigenvalue weighted by atomic mass is 9.91. The fourth-order valence-electron chi connectivity index (χ4n) is 4.72. The summed E-state index contributed by atoms with van der Waals surface area (Å²) in [4.78, 5) is 12.5. The van der Waals surface area contributed by atoms with Crippen LogP contribution >= 0.6 is 0 Å². The van der Waals surface area contributed by atoms with E-state index < -0.39 is 24.2 Å². The molecule has 190 valence electrons. The minimum atomic E-state index is -4.63. The Bertz CT molecular complexity index is 1380. The van der Waals surface area contributed by atoms with Crippen molar-refractivity contribution in [3.63, 3.8) is 0 Å². The lowest BCUT2D eigenvalue weighted by Gasteiger charge is -2.28. The SMILES string of the molecule is CC(C)C[C@H](N[C@@H](c1ccc(-c2c3ccccc3cc3ccccc23)cc1)C(F)(F)F)C(=O)NCC#N. The Morgan fingerprint density at radius 3 is 2.00 bits per heavy atom. The van der Waals surface area contributed by atoms with Gasteiger partial charge in [0.25, 0.3) is 0 Å². The van der Waals surface area contributed by atoms with Crippen molar-refractivity contribution >= 4 is 27.5 Å². The highest BCUT2D eigenvalue weighted by atomic mass is 19.4. The third-order valence-corrected chi connectivity index (χ3v) is 6.36. The van der Waals surface area contributed by atoms with E-state index in [0.29, 0.717) is 0 Å². The summed E-state index contributed by atoms with van der Waals surface area (Å²) in [5, 5.41) is 17.8. The third kappa shape index (κ3) is 5.92. The Morgan fingerprint density at radius 2 is 1.49 bits per heavy atom. The van der Waals surface area contributed by atoms with Crippen LogP contribution in [-0.2, 0) is 4.79 Å². The molecule has 7 heteroatoms. The molecule has 0 bridgehead atoms. The highest BCUT2D eigenvalue weighted by molar-refractivity contribution is 6.12. The quantitative estimate of drug-likeness (QED) is 0.203. The van der Waals surface area contributed by atoms with Crippen LogP contribution in [0.4, 0.5) is 13.2 Å². The van der Waals surface area contributed by atoms with Crippen LogP contribution in [0, 0.1) is 17.2 Å². The molecule has 0 fully saturated rings. The van der Waals surface area contributed by atoms with Crippen LogP contribution in [0.1, 0.15) is 31.9 Å². The summed E-state index contributed by atoms with van der Waals surface area (Å²) in [7, 11) is 0. The zero-order valence-corrected chi connectivity index (χ0v) is 20.6. The average molecular weight is 504 g/mol. The predicted octanol–water partition coefficient (Wildman–Crippen LogP) is 6.91. The van der Waals surface area contributed by atoms with E-state index in [9.17, 15) is 18.0 Å². The number of carbonyl (C=O) groups excluding carboxylic acids is 1. The highest BCUT2D eigenvalue weighted by Crippen LogP contribution is 2.38. The first kappa shape index (κ1) is 26.2. The number of fused-ring (bicyclic) bond motifs is 2. The molecular formula is C30H28F3N3O. The van der Waals surface area contributed by atoms with Gasteiger partial charge in [0.15, 0.2) is 0 Å². The van der Waals surface area contributed by atoms with Gasteiger partial charge in [-0.15, -0.1) is 0 Å². The van der Waals surface area contributed by atoms with Crippen molar-refractivity contribution < 1.29 is 18.0 Å². The molecule has 0 radical (unpaired) electrons. The van der Waals surface area contributed by atoms with Gasteiger partial charge >= 0.3 is 6.18 Å². The minimum Gasteiger partial charge on any atom is -0.342 e. The molecule has 0 aromatic heterocycles. The van der Waals surface area contributed by atoms with E-state index in [1.54, 1.807) is 18.2 Å². The van der Waals surface area contributed by atoms with Gasteiger partial charge < -0.3 is 5.32 Å². The van der Waals surface area contributed by atoms with Crippen LogP contribution < -0.4 is 10.6 Å². The zero-order chi connectivity index (χ0) is 26.6. The van der Waals surface area contributed by atoms with Crippen molar-refractivity contribution in [2.45, 2.75) is 38.5 Å². The maximum absolute atomic E-state index is 14.2. The molecule has 37 heavy (non-hydrogen) atoms. The van der Waals surface area contributed by atoms with Crippen molar-refractivity contribution in [2.75, 3.05) is 6.54 Å². The molecule has 0 unspecified atom stereocenters. The molecular weight excluding hydrogens is 475 g/mol. The Kier molecular flexibility index (Phi) is 7.80.